The predicted octanol–water partition coefficient (Wildman–Crippen LogP) is 4.80. The number of likely N-dealkylation sites (tertiary alicyclic amines) is 2. The molecule has 2 aromatic carbocycles. The summed E-state index contributed by atoms with van der Waals surface area (Å²) in [4.78, 5) is 21.7. The van der Waals surface area contributed by atoms with Crippen molar-refractivity contribution in [3.05, 3.63) is 83.0 Å². The van der Waals surface area contributed by atoms with Gasteiger partial charge in [-0.1, -0.05) is 24.3 Å². The number of amides is 1. The number of nitrogens with zero attached hydrogens (tertiary/aromatic N) is 4. The third kappa shape index (κ3) is 5.37. The molecule has 2 fully saturated rings. The van der Waals surface area contributed by atoms with E-state index in [0.29, 0.717) is 23.6 Å². The van der Waals surface area contributed by atoms with Gasteiger partial charge >= 0.3 is 0 Å². The summed E-state index contributed by atoms with van der Waals surface area (Å²) in [7, 11) is 1.71. The van der Waals surface area contributed by atoms with Crippen LogP contribution in [0.5, 0.6) is 5.75 Å². The number of benzene rings is 2. The molecule has 2 saturated heterocycles. The molecule has 0 aliphatic carbocycles. The Labute approximate surface area is 229 Å². The van der Waals surface area contributed by atoms with E-state index in [-0.39, 0.29) is 0 Å². The van der Waals surface area contributed by atoms with Crippen LogP contribution in [0.3, 0.4) is 0 Å². The molecule has 0 radical (unpaired) electrons. The minimum absolute atomic E-state index is 0.378. The zero-order chi connectivity index (χ0) is 26.8. The molecule has 8 heteroatoms. The molecule has 3 aliphatic heterocycles. The lowest BCUT2D eigenvalue weighted by molar-refractivity contribution is 0.0706. The Bertz CT molecular complexity index is 1320. The van der Waals surface area contributed by atoms with E-state index in [1.165, 1.54) is 43.5 Å². The number of carbonyl (C=O) groups is 1. The standard InChI is InChI=1S/C31H37N5O3/c1-39-26-8-4-23(5-9-26)20-34-17-12-31(22-34)13-18-35(19-14-31)28-10-15-32-29-27(28)11-16-36(29)21-24-2-6-25(7-3-24)30(37)33-38/h2-9,11,15-16,28,38H,10,12-14,17-22H2,1H3,(H,33,37). The van der Waals surface area contributed by atoms with Gasteiger partial charge in [0.2, 0.25) is 0 Å². The Morgan fingerprint density at radius 2 is 1.69 bits per heavy atom. The first-order valence-corrected chi connectivity index (χ1v) is 13.9. The van der Waals surface area contributed by atoms with Crippen LogP contribution >= 0.6 is 0 Å². The Morgan fingerprint density at radius 1 is 1.00 bits per heavy atom. The number of hydrogen-bond acceptors (Lipinski definition) is 6. The molecule has 4 heterocycles. The van der Waals surface area contributed by atoms with Crippen LogP contribution in [-0.4, -0.2) is 65.0 Å². The van der Waals surface area contributed by atoms with Crippen molar-refractivity contribution >= 4 is 17.9 Å². The molecular weight excluding hydrogens is 490 g/mol. The van der Waals surface area contributed by atoms with Crippen LogP contribution in [0, 0.1) is 5.41 Å². The average molecular weight is 528 g/mol. The van der Waals surface area contributed by atoms with Gasteiger partial charge in [-0.25, -0.2) is 10.5 Å². The molecule has 1 amide bonds. The highest BCUT2D eigenvalue weighted by atomic mass is 16.5. The van der Waals surface area contributed by atoms with E-state index in [0.717, 1.165) is 43.2 Å². The molecule has 0 saturated carbocycles. The van der Waals surface area contributed by atoms with Crippen LogP contribution in [0.4, 0.5) is 5.82 Å². The van der Waals surface area contributed by atoms with Crippen molar-refractivity contribution in [3.63, 3.8) is 0 Å². The number of hydroxylamine groups is 1. The van der Waals surface area contributed by atoms with E-state index in [9.17, 15) is 4.79 Å². The number of hydrogen-bond donors (Lipinski definition) is 2. The fraction of sp³-hybridized carbons (Fsp3) is 0.419. The molecule has 1 spiro atoms. The van der Waals surface area contributed by atoms with Gasteiger partial charge in [-0.3, -0.25) is 19.8 Å². The number of nitrogens with one attached hydrogen (secondary N) is 1. The Balaban J connectivity index is 1.07. The zero-order valence-corrected chi connectivity index (χ0v) is 22.6. The summed E-state index contributed by atoms with van der Waals surface area (Å²) >= 11 is 0. The van der Waals surface area contributed by atoms with Gasteiger partial charge in [0.05, 0.1) is 7.11 Å². The second-order valence-electron chi connectivity index (χ2n) is 11.3. The number of fused-ring (bicyclic) bond motifs is 1. The maximum atomic E-state index is 11.6. The van der Waals surface area contributed by atoms with Crippen molar-refractivity contribution in [3.8, 4) is 5.75 Å². The highest BCUT2D eigenvalue weighted by Crippen LogP contribution is 2.44. The Kier molecular flexibility index (Phi) is 7.25. The van der Waals surface area contributed by atoms with Crippen molar-refractivity contribution in [2.45, 2.75) is 44.8 Å². The van der Waals surface area contributed by atoms with Gasteiger partial charge in [-0.15, -0.1) is 0 Å². The summed E-state index contributed by atoms with van der Waals surface area (Å²) in [6.07, 6.45) is 8.97. The summed E-state index contributed by atoms with van der Waals surface area (Å²) < 4.78 is 7.50. The molecule has 1 unspecified atom stereocenters. The second-order valence-corrected chi connectivity index (χ2v) is 11.3. The van der Waals surface area contributed by atoms with Crippen molar-refractivity contribution in [1.82, 2.24) is 19.8 Å². The molecule has 204 valence electrons. The van der Waals surface area contributed by atoms with Gasteiger partial charge in [-0.2, -0.15) is 0 Å². The lowest BCUT2D eigenvalue weighted by Crippen LogP contribution is -2.43. The van der Waals surface area contributed by atoms with Crippen molar-refractivity contribution in [1.29, 1.82) is 0 Å². The molecule has 0 bridgehead atoms. The Hall–Kier alpha value is -3.46. The van der Waals surface area contributed by atoms with Crippen LogP contribution in [0.25, 0.3) is 0 Å². The number of ether oxygens (including phenoxy) is 1. The topological polar surface area (TPSA) is 82.3 Å². The predicted molar refractivity (Wildman–Crippen MR) is 151 cm³/mol. The lowest BCUT2D eigenvalue weighted by atomic mass is 9.77. The average Bonchev–Trinajstić information content (AvgIpc) is 3.57. The van der Waals surface area contributed by atoms with Gasteiger partial charge in [0.1, 0.15) is 11.6 Å². The SMILES string of the molecule is COc1ccc(CN2CCC3(CCN(C4CC=Nc5c4ccn5Cc4ccc(C(=O)NO)cc4)CC3)C2)cc1. The lowest BCUT2D eigenvalue weighted by Gasteiger charge is -2.43. The Morgan fingerprint density at radius 3 is 2.41 bits per heavy atom. The molecule has 1 aromatic heterocycles. The highest BCUT2D eigenvalue weighted by molar-refractivity contribution is 5.93. The van der Waals surface area contributed by atoms with E-state index in [1.54, 1.807) is 24.7 Å². The molecular formula is C31H37N5O3. The van der Waals surface area contributed by atoms with Gasteiger partial charge < -0.3 is 9.30 Å². The summed E-state index contributed by atoms with van der Waals surface area (Å²) in [6, 6.07) is 18.4. The van der Waals surface area contributed by atoms with E-state index < -0.39 is 5.91 Å². The van der Waals surface area contributed by atoms with Gasteiger partial charge in [-0.05, 0) is 85.8 Å². The molecule has 2 N–H and O–H groups in total. The van der Waals surface area contributed by atoms with Crippen LogP contribution in [0.15, 0.2) is 65.8 Å². The van der Waals surface area contributed by atoms with Crippen molar-refractivity contribution < 1.29 is 14.7 Å². The zero-order valence-electron chi connectivity index (χ0n) is 22.6. The molecule has 8 nitrogen and oxygen atoms in total. The largest absolute Gasteiger partial charge is 0.497 e. The number of piperidine rings is 1. The minimum Gasteiger partial charge on any atom is -0.497 e. The van der Waals surface area contributed by atoms with Crippen LogP contribution in [0.1, 0.15) is 58.8 Å². The number of methoxy groups -OCH3 is 1. The van der Waals surface area contributed by atoms with Crippen LogP contribution < -0.4 is 10.2 Å². The second kappa shape index (κ2) is 11.0. The summed E-state index contributed by atoms with van der Waals surface area (Å²) in [5.74, 6) is 1.45. The van der Waals surface area contributed by atoms with E-state index >= 15 is 0 Å². The fourth-order valence-corrected chi connectivity index (χ4v) is 6.62. The first kappa shape index (κ1) is 25.8. The number of carbonyl (C=O) groups excluding carboxylic acids is 1. The third-order valence-corrected chi connectivity index (χ3v) is 8.92. The normalized spacial score (nSPS) is 20.7. The molecule has 3 aliphatic rings. The van der Waals surface area contributed by atoms with Gasteiger partial charge in [0.25, 0.3) is 5.91 Å². The molecule has 3 aromatic rings. The first-order valence-electron chi connectivity index (χ1n) is 13.9. The van der Waals surface area contributed by atoms with Gasteiger partial charge in [0, 0.05) is 55.6 Å². The summed E-state index contributed by atoms with van der Waals surface area (Å²) in [5, 5.41) is 8.84. The minimum atomic E-state index is -0.502. The number of rotatable bonds is 7. The van der Waals surface area contributed by atoms with E-state index in [1.807, 2.05) is 12.1 Å². The van der Waals surface area contributed by atoms with E-state index in [2.05, 4.69) is 57.1 Å². The number of aromatic nitrogens is 1. The first-order chi connectivity index (χ1) is 19.1. The maximum absolute atomic E-state index is 11.6. The molecule has 39 heavy (non-hydrogen) atoms. The fourth-order valence-electron chi connectivity index (χ4n) is 6.62. The van der Waals surface area contributed by atoms with Crippen LogP contribution in [-0.2, 0) is 13.1 Å². The quantitative estimate of drug-likeness (QED) is 0.341. The van der Waals surface area contributed by atoms with E-state index in [4.69, 9.17) is 14.9 Å². The highest BCUT2D eigenvalue weighted by Gasteiger charge is 2.42. The molecule has 1 atom stereocenters. The maximum Gasteiger partial charge on any atom is 0.274 e. The molecule has 6 rings (SSSR count). The summed E-state index contributed by atoms with van der Waals surface area (Å²) in [5.41, 5.74) is 6.32. The smallest absolute Gasteiger partial charge is 0.274 e. The van der Waals surface area contributed by atoms with Crippen molar-refractivity contribution in [2.75, 3.05) is 33.3 Å². The van der Waals surface area contributed by atoms with Crippen LogP contribution in [0.2, 0.25) is 0 Å². The van der Waals surface area contributed by atoms with Gasteiger partial charge in [0.15, 0.2) is 0 Å². The monoisotopic (exact) mass is 527 g/mol. The number of aliphatic imine (C=N–C) groups is 1. The third-order valence-electron chi connectivity index (χ3n) is 8.92. The summed E-state index contributed by atoms with van der Waals surface area (Å²) in [6.45, 7) is 6.35. The van der Waals surface area contributed by atoms with Crippen molar-refractivity contribution in [2.24, 2.45) is 10.4 Å².